The molecule has 0 aliphatic rings. The summed E-state index contributed by atoms with van der Waals surface area (Å²) in [4.78, 5) is 11.9. The fourth-order valence-electron chi connectivity index (χ4n) is 1.38. The largest absolute Gasteiger partial charge is 0.399 e. The normalized spacial score (nSPS) is 10.2. The molecule has 2 N–H and O–H groups in total. The monoisotopic (exact) mass is 217 g/mol. The summed E-state index contributed by atoms with van der Waals surface area (Å²) in [7, 11) is 0. The molecule has 1 aromatic heterocycles. The third-order valence-corrected chi connectivity index (χ3v) is 3.00. The van der Waals surface area contributed by atoms with Crippen LogP contribution in [-0.2, 0) is 0 Å². The van der Waals surface area contributed by atoms with Crippen LogP contribution in [0.1, 0.15) is 21.5 Å². The molecule has 0 aliphatic heterocycles. The van der Waals surface area contributed by atoms with Crippen LogP contribution in [0.4, 0.5) is 5.69 Å². The predicted octanol–water partition coefficient (Wildman–Crippen LogP) is 2.87. The molecule has 0 amide bonds. The molecule has 2 rings (SSSR count). The maximum atomic E-state index is 11.9. The summed E-state index contributed by atoms with van der Waals surface area (Å²) in [5.74, 6) is 0.0550. The summed E-state index contributed by atoms with van der Waals surface area (Å²) < 4.78 is 0. The molecule has 0 fully saturated rings. The Balaban J connectivity index is 2.39. The van der Waals surface area contributed by atoms with E-state index >= 15 is 0 Å². The molecular weight excluding hydrogens is 206 g/mol. The molecule has 15 heavy (non-hydrogen) atoms. The standard InChI is InChI=1S/C12H11NOS/c1-8-6-9(2-3-11(8)13)12(14)10-4-5-15-7-10/h2-7H,13H2,1H3. The number of aryl methyl sites for hydroxylation is 1. The van der Waals surface area contributed by atoms with Crippen LogP contribution >= 0.6 is 11.3 Å². The topological polar surface area (TPSA) is 43.1 Å². The Labute approximate surface area is 92.4 Å². The molecule has 0 bridgehead atoms. The van der Waals surface area contributed by atoms with E-state index < -0.39 is 0 Å². The van der Waals surface area contributed by atoms with Crippen LogP contribution in [0, 0.1) is 6.92 Å². The molecular formula is C12H11NOS. The van der Waals surface area contributed by atoms with Crippen molar-refractivity contribution in [3.63, 3.8) is 0 Å². The van der Waals surface area contributed by atoms with Crippen molar-refractivity contribution < 1.29 is 4.79 Å². The van der Waals surface area contributed by atoms with Crippen molar-refractivity contribution in [2.75, 3.05) is 5.73 Å². The number of nitrogen functional groups attached to an aromatic ring is 1. The van der Waals surface area contributed by atoms with E-state index in [2.05, 4.69) is 0 Å². The van der Waals surface area contributed by atoms with Gasteiger partial charge in [-0.25, -0.2) is 0 Å². The number of carbonyl (C=O) groups is 1. The molecule has 1 aromatic carbocycles. The Kier molecular flexibility index (Phi) is 2.56. The molecule has 2 aromatic rings. The van der Waals surface area contributed by atoms with Crippen molar-refractivity contribution in [3.05, 3.63) is 51.7 Å². The van der Waals surface area contributed by atoms with Crippen LogP contribution in [-0.4, -0.2) is 5.78 Å². The lowest BCUT2D eigenvalue weighted by Crippen LogP contribution is -2.01. The van der Waals surface area contributed by atoms with Gasteiger partial charge in [0.1, 0.15) is 0 Å². The highest BCUT2D eigenvalue weighted by atomic mass is 32.1. The highest BCUT2D eigenvalue weighted by Crippen LogP contribution is 2.17. The molecule has 3 heteroatoms. The van der Waals surface area contributed by atoms with Crippen LogP contribution < -0.4 is 5.73 Å². The number of anilines is 1. The summed E-state index contributed by atoms with van der Waals surface area (Å²) in [5, 5.41) is 3.76. The van der Waals surface area contributed by atoms with Gasteiger partial charge in [-0.15, -0.1) is 0 Å². The lowest BCUT2D eigenvalue weighted by atomic mass is 10.0. The summed E-state index contributed by atoms with van der Waals surface area (Å²) in [6.45, 7) is 1.90. The van der Waals surface area contributed by atoms with E-state index in [-0.39, 0.29) is 5.78 Å². The predicted molar refractivity (Wildman–Crippen MR) is 63.3 cm³/mol. The van der Waals surface area contributed by atoms with Gasteiger partial charge in [0, 0.05) is 22.2 Å². The van der Waals surface area contributed by atoms with Gasteiger partial charge in [0.05, 0.1) is 0 Å². The molecule has 1 heterocycles. The van der Waals surface area contributed by atoms with E-state index in [4.69, 9.17) is 5.73 Å². The van der Waals surface area contributed by atoms with E-state index in [1.807, 2.05) is 29.8 Å². The first-order chi connectivity index (χ1) is 7.18. The Morgan fingerprint density at radius 2 is 2.07 bits per heavy atom. The van der Waals surface area contributed by atoms with Crippen LogP contribution in [0.2, 0.25) is 0 Å². The lowest BCUT2D eigenvalue weighted by molar-refractivity contribution is 0.103. The average Bonchev–Trinajstić information content (AvgIpc) is 2.74. The number of benzene rings is 1. The van der Waals surface area contributed by atoms with Gasteiger partial charge in [-0.1, -0.05) is 0 Å². The van der Waals surface area contributed by atoms with Crippen molar-refractivity contribution in [2.24, 2.45) is 0 Å². The summed E-state index contributed by atoms with van der Waals surface area (Å²) in [6, 6.07) is 7.20. The molecule has 0 aliphatic carbocycles. The first-order valence-corrected chi connectivity index (χ1v) is 5.56. The van der Waals surface area contributed by atoms with E-state index in [1.54, 1.807) is 12.1 Å². The lowest BCUT2D eigenvalue weighted by Gasteiger charge is -2.02. The van der Waals surface area contributed by atoms with Crippen molar-refractivity contribution in [1.29, 1.82) is 0 Å². The number of hydrogen-bond acceptors (Lipinski definition) is 3. The van der Waals surface area contributed by atoms with E-state index in [0.717, 1.165) is 16.8 Å². The highest BCUT2D eigenvalue weighted by molar-refractivity contribution is 7.08. The maximum Gasteiger partial charge on any atom is 0.193 e. The number of rotatable bonds is 2. The Bertz CT molecular complexity index is 488. The van der Waals surface area contributed by atoms with Gasteiger partial charge >= 0.3 is 0 Å². The van der Waals surface area contributed by atoms with Gasteiger partial charge in [0.15, 0.2) is 5.78 Å². The third kappa shape index (κ3) is 1.92. The second kappa shape index (κ2) is 3.87. The summed E-state index contributed by atoms with van der Waals surface area (Å²) in [6.07, 6.45) is 0. The summed E-state index contributed by atoms with van der Waals surface area (Å²) >= 11 is 1.52. The molecule has 76 valence electrons. The average molecular weight is 217 g/mol. The molecule has 0 radical (unpaired) electrons. The van der Waals surface area contributed by atoms with Gasteiger partial charge in [-0.2, -0.15) is 11.3 Å². The molecule has 2 nitrogen and oxygen atoms in total. The van der Waals surface area contributed by atoms with E-state index in [0.29, 0.717) is 5.56 Å². The van der Waals surface area contributed by atoms with Gasteiger partial charge in [0.25, 0.3) is 0 Å². The van der Waals surface area contributed by atoms with Crippen LogP contribution in [0.5, 0.6) is 0 Å². The minimum absolute atomic E-state index is 0.0550. The third-order valence-electron chi connectivity index (χ3n) is 2.32. The van der Waals surface area contributed by atoms with Gasteiger partial charge in [-0.3, -0.25) is 4.79 Å². The summed E-state index contributed by atoms with van der Waals surface area (Å²) in [5.41, 5.74) is 8.79. The smallest absolute Gasteiger partial charge is 0.193 e. The fourth-order valence-corrected chi connectivity index (χ4v) is 2.01. The quantitative estimate of drug-likeness (QED) is 0.621. The maximum absolute atomic E-state index is 11.9. The zero-order chi connectivity index (χ0) is 10.8. The zero-order valence-corrected chi connectivity index (χ0v) is 9.17. The highest BCUT2D eigenvalue weighted by Gasteiger charge is 2.09. The molecule has 0 spiro atoms. The fraction of sp³-hybridized carbons (Fsp3) is 0.0833. The SMILES string of the molecule is Cc1cc(C(=O)c2ccsc2)ccc1N. The van der Waals surface area contributed by atoms with Gasteiger partial charge in [0.2, 0.25) is 0 Å². The van der Waals surface area contributed by atoms with Crippen LogP contribution in [0.25, 0.3) is 0 Å². The van der Waals surface area contributed by atoms with Crippen molar-refractivity contribution in [2.45, 2.75) is 6.92 Å². The number of nitrogens with two attached hydrogens (primary N) is 1. The Hall–Kier alpha value is -1.61. The van der Waals surface area contributed by atoms with Gasteiger partial charge in [-0.05, 0) is 42.1 Å². The van der Waals surface area contributed by atoms with Crippen LogP contribution in [0.15, 0.2) is 35.0 Å². The minimum atomic E-state index is 0.0550. The zero-order valence-electron chi connectivity index (χ0n) is 8.36. The minimum Gasteiger partial charge on any atom is -0.399 e. The van der Waals surface area contributed by atoms with Crippen LogP contribution in [0.3, 0.4) is 0 Å². The van der Waals surface area contributed by atoms with E-state index in [1.165, 1.54) is 11.3 Å². The Morgan fingerprint density at radius 3 is 2.67 bits per heavy atom. The first-order valence-electron chi connectivity index (χ1n) is 4.61. The Morgan fingerprint density at radius 1 is 1.27 bits per heavy atom. The van der Waals surface area contributed by atoms with Gasteiger partial charge < -0.3 is 5.73 Å². The molecule has 0 unspecified atom stereocenters. The van der Waals surface area contributed by atoms with Crippen molar-refractivity contribution >= 4 is 22.8 Å². The van der Waals surface area contributed by atoms with Crippen molar-refractivity contribution in [3.8, 4) is 0 Å². The molecule has 0 atom stereocenters. The number of carbonyl (C=O) groups excluding carboxylic acids is 1. The number of hydrogen-bond donors (Lipinski definition) is 1. The number of thiophene rings is 1. The first kappa shape index (κ1) is 9.93. The van der Waals surface area contributed by atoms with Crippen molar-refractivity contribution in [1.82, 2.24) is 0 Å². The molecule has 0 saturated heterocycles. The second-order valence-electron chi connectivity index (χ2n) is 3.41. The number of ketones is 1. The second-order valence-corrected chi connectivity index (χ2v) is 4.19. The van der Waals surface area contributed by atoms with E-state index in [9.17, 15) is 4.79 Å². The molecule has 0 saturated carbocycles.